The first-order chi connectivity index (χ1) is 13.5. The van der Waals surface area contributed by atoms with E-state index in [2.05, 4.69) is 57.3 Å². The Bertz CT molecular complexity index is 791. The maximum absolute atomic E-state index is 11.9. The van der Waals surface area contributed by atoms with Gasteiger partial charge in [0.25, 0.3) is 5.91 Å². The number of hydrogen-bond acceptors (Lipinski definition) is 4. The van der Waals surface area contributed by atoms with Crippen molar-refractivity contribution in [1.29, 1.82) is 0 Å². The van der Waals surface area contributed by atoms with Crippen LogP contribution in [0.3, 0.4) is 0 Å². The molecule has 0 heterocycles. The molecule has 28 heavy (non-hydrogen) atoms. The first-order valence-electron chi connectivity index (χ1n) is 9.28. The molecule has 0 aliphatic heterocycles. The van der Waals surface area contributed by atoms with Gasteiger partial charge in [-0.1, -0.05) is 37.6 Å². The van der Waals surface area contributed by atoms with Crippen LogP contribution in [0, 0.1) is 0 Å². The number of nitrogens with zero attached hydrogens (tertiary/aromatic N) is 2. The largest absolute Gasteiger partial charge is 0.483 e. The summed E-state index contributed by atoms with van der Waals surface area (Å²) >= 11 is 9.22. The summed E-state index contributed by atoms with van der Waals surface area (Å²) in [6, 6.07) is 13.2. The molecule has 0 spiro atoms. The van der Waals surface area contributed by atoms with Crippen molar-refractivity contribution in [1.82, 2.24) is 5.43 Å². The maximum atomic E-state index is 11.9. The Morgan fingerprint density at radius 3 is 2.46 bits per heavy atom. The number of nitrogens with one attached hydrogen (secondary N) is 1. The van der Waals surface area contributed by atoms with E-state index in [1.807, 2.05) is 12.1 Å². The predicted molar refractivity (Wildman–Crippen MR) is 120 cm³/mol. The lowest BCUT2D eigenvalue weighted by Crippen LogP contribution is -2.25. The molecule has 150 valence electrons. The Hall–Kier alpha value is -2.05. The highest BCUT2D eigenvalue weighted by Crippen LogP contribution is 2.27. The van der Waals surface area contributed by atoms with Crippen LogP contribution in [-0.4, -0.2) is 31.8 Å². The summed E-state index contributed by atoms with van der Waals surface area (Å²) in [5, 5.41) is 4.58. The van der Waals surface area contributed by atoms with Gasteiger partial charge in [-0.3, -0.25) is 4.79 Å². The zero-order valence-electron chi connectivity index (χ0n) is 16.1. The van der Waals surface area contributed by atoms with Crippen LogP contribution in [0.25, 0.3) is 0 Å². The highest BCUT2D eigenvalue weighted by molar-refractivity contribution is 9.10. The molecule has 2 aromatic rings. The molecule has 7 heteroatoms. The second-order valence-electron chi connectivity index (χ2n) is 6.24. The van der Waals surface area contributed by atoms with Gasteiger partial charge >= 0.3 is 0 Å². The topological polar surface area (TPSA) is 53.9 Å². The van der Waals surface area contributed by atoms with E-state index >= 15 is 0 Å². The van der Waals surface area contributed by atoms with Crippen LogP contribution < -0.4 is 15.1 Å². The Morgan fingerprint density at radius 1 is 1.18 bits per heavy atom. The number of rotatable bonds is 10. The minimum absolute atomic E-state index is 0.139. The van der Waals surface area contributed by atoms with E-state index in [-0.39, 0.29) is 12.5 Å². The van der Waals surface area contributed by atoms with Crippen LogP contribution in [0.2, 0.25) is 5.02 Å². The van der Waals surface area contributed by atoms with E-state index in [0.29, 0.717) is 15.2 Å². The standard InChI is InChI=1S/C21H25BrClN3O2/c1-3-11-26(12-4-2)18-8-5-16(6-9-18)14-24-25-21(27)15-28-20-10-7-17(23)13-19(20)22/h5-10,13-14H,3-4,11-12,15H2,1-2H3,(H,25,27)/b24-14-. The van der Waals surface area contributed by atoms with Crippen molar-refractivity contribution < 1.29 is 9.53 Å². The minimum atomic E-state index is -0.341. The molecule has 0 unspecified atom stereocenters. The molecule has 0 aliphatic carbocycles. The van der Waals surface area contributed by atoms with Gasteiger partial charge in [-0.05, 0) is 64.7 Å². The quantitative estimate of drug-likeness (QED) is 0.384. The molecule has 0 saturated carbocycles. The predicted octanol–water partition coefficient (Wildman–Crippen LogP) is 5.26. The fourth-order valence-electron chi connectivity index (χ4n) is 2.63. The number of halogens is 2. The average Bonchev–Trinajstić information content (AvgIpc) is 2.68. The highest BCUT2D eigenvalue weighted by atomic mass is 79.9. The number of ether oxygens (including phenoxy) is 1. The van der Waals surface area contributed by atoms with Crippen LogP contribution in [0.15, 0.2) is 52.0 Å². The van der Waals surface area contributed by atoms with Gasteiger partial charge in [-0.25, -0.2) is 5.43 Å². The number of amides is 1. The van der Waals surface area contributed by atoms with Crippen LogP contribution in [0.4, 0.5) is 5.69 Å². The third kappa shape index (κ3) is 7.17. The Balaban J connectivity index is 1.83. The van der Waals surface area contributed by atoms with E-state index in [0.717, 1.165) is 31.5 Å². The SMILES string of the molecule is CCCN(CCC)c1ccc(/C=N\NC(=O)COc2ccc(Cl)cc2Br)cc1. The summed E-state index contributed by atoms with van der Waals surface area (Å²) in [6.07, 6.45) is 3.84. The van der Waals surface area contributed by atoms with Crippen molar-refractivity contribution in [2.45, 2.75) is 26.7 Å². The van der Waals surface area contributed by atoms with Gasteiger partial charge in [0.15, 0.2) is 6.61 Å². The fraction of sp³-hybridized carbons (Fsp3) is 0.333. The van der Waals surface area contributed by atoms with Gasteiger partial charge in [0.2, 0.25) is 0 Å². The van der Waals surface area contributed by atoms with Gasteiger partial charge in [-0.15, -0.1) is 0 Å². The van der Waals surface area contributed by atoms with Gasteiger partial charge in [0.05, 0.1) is 10.7 Å². The summed E-state index contributed by atoms with van der Waals surface area (Å²) in [6.45, 7) is 6.31. The number of benzene rings is 2. The average molecular weight is 467 g/mol. The molecule has 0 fully saturated rings. The fourth-order valence-corrected chi connectivity index (χ4v) is 3.42. The molecule has 0 aromatic heterocycles. The molecule has 2 aromatic carbocycles. The van der Waals surface area contributed by atoms with E-state index < -0.39 is 0 Å². The molecule has 0 atom stereocenters. The van der Waals surface area contributed by atoms with E-state index in [9.17, 15) is 4.79 Å². The molecule has 0 radical (unpaired) electrons. The van der Waals surface area contributed by atoms with Crippen LogP contribution in [0.5, 0.6) is 5.75 Å². The van der Waals surface area contributed by atoms with Crippen molar-refractivity contribution in [2.75, 3.05) is 24.6 Å². The molecular weight excluding hydrogens is 442 g/mol. The lowest BCUT2D eigenvalue weighted by Gasteiger charge is -2.23. The van der Waals surface area contributed by atoms with Crippen LogP contribution >= 0.6 is 27.5 Å². The van der Waals surface area contributed by atoms with Gasteiger partial charge in [-0.2, -0.15) is 5.10 Å². The van der Waals surface area contributed by atoms with Crippen molar-refractivity contribution in [3.63, 3.8) is 0 Å². The molecule has 1 amide bonds. The third-order valence-electron chi connectivity index (χ3n) is 3.90. The van der Waals surface area contributed by atoms with Crippen molar-refractivity contribution >= 4 is 45.3 Å². The van der Waals surface area contributed by atoms with E-state index in [1.165, 1.54) is 5.69 Å². The zero-order valence-corrected chi connectivity index (χ0v) is 18.5. The van der Waals surface area contributed by atoms with Gasteiger partial charge < -0.3 is 9.64 Å². The summed E-state index contributed by atoms with van der Waals surface area (Å²) < 4.78 is 6.14. The number of hydrogen-bond donors (Lipinski definition) is 1. The van der Waals surface area contributed by atoms with Crippen molar-refractivity contribution in [2.24, 2.45) is 5.10 Å². The second kappa shape index (κ2) is 11.7. The minimum Gasteiger partial charge on any atom is -0.483 e. The molecular formula is C21H25BrClN3O2. The smallest absolute Gasteiger partial charge is 0.277 e. The summed E-state index contributed by atoms with van der Waals surface area (Å²) in [5.41, 5.74) is 4.58. The molecule has 0 bridgehead atoms. The van der Waals surface area contributed by atoms with Gasteiger partial charge in [0, 0.05) is 23.8 Å². The molecule has 0 aliphatic rings. The van der Waals surface area contributed by atoms with Crippen molar-refractivity contribution in [3.8, 4) is 5.75 Å². The Kier molecular flexibility index (Phi) is 9.31. The van der Waals surface area contributed by atoms with E-state index in [4.69, 9.17) is 16.3 Å². The first kappa shape index (κ1) is 22.2. The van der Waals surface area contributed by atoms with Crippen molar-refractivity contribution in [3.05, 3.63) is 57.5 Å². The first-order valence-corrected chi connectivity index (χ1v) is 10.4. The number of anilines is 1. The Morgan fingerprint density at radius 2 is 1.86 bits per heavy atom. The lowest BCUT2D eigenvalue weighted by atomic mass is 10.2. The normalized spacial score (nSPS) is 10.9. The monoisotopic (exact) mass is 465 g/mol. The molecule has 2 rings (SSSR count). The van der Waals surface area contributed by atoms with E-state index in [1.54, 1.807) is 24.4 Å². The number of carbonyl (C=O) groups is 1. The molecule has 1 N–H and O–H groups in total. The number of hydrazone groups is 1. The zero-order chi connectivity index (χ0) is 20.4. The summed E-state index contributed by atoms with van der Waals surface area (Å²) in [5.74, 6) is 0.203. The Labute approximate surface area is 179 Å². The summed E-state index contributed by atoms with van der Waals surface area (Å²) in [4.78, 5) is 14.2. The lowest BCUT2D eigenvalue weighted by molar-refractivity contribution is -0.123. The molecule has 5 nitrogen and oxygen atoms in total. The van der Waals surface area contributed by atoms with Crippen LogP contribution in [0.1, 0.15) is 32.3 Å². The number of carbonyl (C=O) groups excluding carboxylic acids is 1. The third-order valence-corrected chi connectivity index (χ3v) is 4.76. The van der Waals surface area contributed by atoms with Gasteiger partial charge in [0.1, 0.15) is 5.75 Å². The van der Waals surface area contributed by atoms with Crippen LogP contribution in [-0.2, 0) is 4.79 Å². The second-order valence-corrected chi connectivity index (χ2v) is 7.53. The molecule has 0 saturated heterocycles. The highest BCUT2D eigenvalue weighted by Gasteiger charge is 2.06. The summed E-state index contributed by atoms with van der Waals surface area (Å²) in [7, 11) is 0. The maximum Gasteiger partial charge on any atom is 0.277 e.